The minimum Gasteiger partial charge on any atom is -0.480 e. The van der Waals surface area contributed by atoms with Crippen molar-refractivity contribution in [3.05, 3.63) is 12.2 Å². The maximum absolute atomic E-state index is 10.3. The average Bonchev–Trinajstić information content (AvgIpc) is 1.88. The lowest BCUT2D eigenvalue weighted by molar-refractivity contribution is -0.167. The van der Waals surface area contributed by atoms with Gasteiger partial charge >= 0.3 is 5.97 Å². The van der Waals surface area contributed by atoms with Gasteiger partial charge < -0.3 is 10.3 Å². The summed E-state index contributed by atoms with van der Waals surface area (Å²) in [6.45, 7) is 0.303. The summed E-state index contributed by atoms with van der Waals surface area (Å²) in [4.78, 5) is 10.3. The number of nitrogens with zero attached hydrogens (tertiary/aromatic N) is 1. The van der Waals surface area contributed by atoms with Crippen molar-refractivity contribution in [3.8, 4) is 0 Å². The third-order valence-corrected chi connectivity index (χ3v) is 1.46. The van der Waals surface area contributed by atoms with Gasteiger partial charge in [-0.3, -0.25) is 4.79 Å². The zero-order chi connectivity index (χ0) is 7.56. The molecule has 10 heavy (non-hydrogen) atoms. The molecule has 0 aromatic carbocycles. The number of carbonyl (C=O) groups is 1. The van der Waals surface area contributed by atoms with E-state index in [9.17, 15) is 4.79 Å². The van der Waals surface area contributed by atoms with Gasteiger partial charge in [0.1, 0.15) is 6.04 Å². The molecule has 0 aliphatic carbocycles. The largest absolute Gasteiger partial charge is 0.480 e. The van der Waals surface area contributed by atoms with Gasteiger partial charge in [-0.2, -0.15) is 5.06 Å². The first-order chi connectivity index (χ1) is 4.72. The van der Waals surface area contributed by atoms with Gasteiger partial charge in [-0.15, -0.1) is 0 Å². The fraction of sp³-hybridized carbons (Fsp3) is 0.500. The molecule has 1 rings (SSSR count). The maximum atomic E-state index is 10.3. The Morgan fingerprint density at radius 2 is 2.30 bits per heavy atom. The number of carboxylic acids is 1. The molecule has 1 atom stereocenters. The van der Waals surface area contributed by atoms with Crippen LogP contribution >= 0.6 is 0 Å². The second kappa shape index (κ2) is 2.81. The van der Waals surface area contributed by atoms with E-state index in [2.05, 4.69) is 0 Å². The maximum Gasteiger partial charge on any atom is 0.323 e. The molecule has 0 spiro atoms. The van der Waals surface area contributed by atoms with Crippen molar-refractivity contribution in [2.24, 2.45) is 0 Å². The van der Waals surface area contributed by atoms with Gasteiger partial charge in [0, 0.05) is 6.54 Å². The Bertz CT molecular complexity index is 166. The first-order valence-electron chi connectivity index (χ1n) is 3.05. The van der Waals surface area contributed by atoms with E-state index in [0.717, 1.165) is 5.06 Å². The molecule has 0 fully saturated rings. The molecule has 2 N–H and O–H groups in total. The number of rotatable bonds is 1. The Morgan fingerprint density at radius 3 is 2.70 bits per heavy atom. The number of hydrogen-bond acceptors (Lipinski definition) is 3. The number of carboxylic acid groups (broad SMARTS) is 1. The standard InChI is InChI=1S/C6H9NO3/c8-6(9)5-3-1-2-4-7(5)10/h1-2,5,10H,3-4H2,(H,8,9). The van der Waals surface area contributed by atoms with Gasteiger partial charge in [0.2, 0.25) is 0 Å². The van der Waals surface area contributed by atoms with E-state index in [1.807, 2.05) is 0 Å². The highest BCUT2D eigenvalue weighted by Gasteiger charge is 2.24. The highest BCUT2D eigenvalue weighted by Crippen LogP contribution is 2.07. The Kier molecular flexibility index (Phi) is 2.03. The van der Waals surface area contributed by atoms with Crippen molar-refractivity contribution in [2.45, 2.75) is 12.5 Å². The van der Waals surface area contributed by atoms with Crippen LogP contribution in [0.5, 0.6) is 0 Å². The van der Waals surface area contributed by atoms with Gasteiger partial charge in [-0.05, 0) is 6.42 Å². The first kappa shape index (κ1) is 7.24. The zero-order valence-corrected chi connectivity index (χ0v) is 5.40. The van der Waals surface area contributed by atoms with Crippen LogP contribution in [0.4, 0.5) is 0 Å². The van der Waals surface area contributed by atoms with Crippen molar-refractivity contribution < 1.29 is 15.1 Å². The van der Waals surface area contributed by atoms with Crippen LogP contribution in [0.1, 0.15) is 6.42 Å². The van der Waals surface area contributed by atoms with E-state index < -0.39 is 12.0 Å². The number of hydrogen-bond donors (Lipinski definition) is 2. The topological polar surface area (TPSA) is 60.8 Å². The predicted octanol–water partition coefficient (Wildman–Crippen LogP) is 0.0907. The van der Waals surface area contributed by atoms with Crippen LogP contribution in [0.25, 0.3) is 0 Å². The van der Waals surface area contributed by atoms with Crippen LogP contribution in [-0.4, -0.2) is 33.9 Å². The lowest BCUT2D eigenvalue weighted by atomic mass is 10.1. The Hall–Kier alpha value is -0.870. The molecule has 1 heterocycles. The van der Waals surface area contributed by atoms with Gasteiger partial charge in [-0.25, -0.2) is 0 Å². The van der Waals surface area contributed by atoms with Crippen LogP contribution in [-0.2, 0) is 4.79 Å². The van der Waals surface area contributed by atoms with E-state index in [1.54, 1.807) is 12.2 Å². The summed E-state index contributed by atoms with van der Waals surface area (Å²) >= 11 is 0. The van der Waals surface area contributed by atoms with E-state index in [1.165, 1.54) is 0 Å². The molecule has 0 saturated heterocycles. The van der Waals surface area contributed by atoms with Crippen LogP contribution in [0.2, 0.25) is 0 Å². The molecule has 1 unspecified atom stereocenters. The smallest absolute Gasteiger partial charge is 0.323 e. The van der Waals surface area contributed by atoms with Gasteiger partial charge in [-0.1, -0.05) is 12.2 Å². The molecule has 4 nitrogen and oxygen atoms in total. The fourth-order valence-corrected chi connectivity index (χ4v) is 0.885. The molecular weight excluding hydrogens is 134 g/mol. The normalized spacial score (nSPS) is 26.7. The summed E-state index contributed by atoms with van der Waals surface area (Å²) in [7, 11) is 0. The quantitative estimate of drug-likeness (QED) is 0.511. The second-order valence-electron chi connectivity index (χ2n) is 2.18. The van der Waals surface area contributed by atoms with Crippen molar-refractivity contribution in [2.75, 3.05) is 6.54 Å². The average molecular weight is 143 g/mol. The van der Waals surface area contributed by atoms with E-state index >= 15 is 0 Å². The fourth-order valence-electron chi connectivity index (χ4n) is 0.885. The molecule has 0 aromatic heterocycles. The molecule has 0 aromatic rings. The minimum absolute atomic E-state index is 0.303. The third-order valence-electron chi connectivity index (χ3n) is 1.46. The zero-order valence-electron chi connectivity index (χ0n) is 5.40. The highest BCUT2D eigenvalue weighted by atomic mass is 16.5. The van der Waals surface area contributed by atoms with Crippen LogP contribution in [0, 0.1) is 0 Å². The molecule has 1 aliphatic rings. The molecule has 1 aliphatic heterocycles. The SMILES string of the molecule is O=C(O)C1CC=CCN1O. The van der Waals surface area contributed by atoms with Gasteiger partial charge in [0.25, 0.3) is 0 Å². The van der Waals surface area contributed by atoms with E-state index in [-0.39, 0.29) is 0 Å². The first-order valence-corrected chi connectivity index (χ1v) is 3.05. The molecule has 0 radical (unpaired) electrons. The van der Waals surface area contributed by atoms with E-state index in [4.69, 9.17) is 10.3 Å². The van der Waals surface area contributed by atoms with Crippen molar-refractivity contribution in [1.29, 1.82) is 0 Å². The Labute approximate surface area is 58.3 Å². The van der Waals surface area contributed by atoms with Crippen LogP contribution < -0.4 is 0 Å². The lowest BCUT2D eigenvalue weighted by Gasteiger charge is -2.22. The summed E-state index contributed by atoms with van der Waals surface area (Å²) in [5.41, 5.74) is 0. The molecule has 56 valence electrons. The second-order valence-corrected chi connectivity index (χ2v) is 2.18. The Balaban J connectivity index is 2.59. The predicted molar refractivity (Wildman–Crippen MR) is 33.7 cm³/mol. The Morgan fingerprint density at radius 1 is 1.60 bits per heavy atom. The molecular formula is C6H9NO3. The van der Waals surface area contributed by atoms with Crippen LogP contribution in [0.3, 0.4) is 0 Å². The molecule has 0 bridgehead atoms. The minimum atomic E-state index is -0.980. The summed E-state index contributed by atoms with van der Waals surface area (Å²) in [6.07, 6.45) is 3.87. The monoisotopic (exact) mass is 143 g/mol. The third kappa shape index (κ3) is 1.34. The van der Waals surface area contributed by atoms with E-state index in [0.29, 0.717) is 13.0 Å². The van der Waals surface area contributed by atoms with Crippen molar-refractivity contribution in [3.63, 3.8) is 0 Å². The summed E-state index contributed by atoms with van der Waals surface area (Å²) in [6, 6.07) is -0.759. The molecule has 4 heteroatoms. The number of hydroxylamine groups is 2. The van der Waals surface area contributed by atoms with Crippen molar-refractivity contribution >= 4 is 5.97 Å². The van der Waals surface area contributed by atoms with Crippen molar-refractivity contribution in [1.82, 2.24) is 5.06 Å². The highest BCUT2D eigenvalue weighted by molar-refractivity contribution is 5.73. The summed E-state index contributed by atoms with van der Waals surface area (Å²) in [5, 5.41) is 18.2. The van der Waals surface area contributed by atoms with Gasteiger partial charge in [0.15, 0.2) is 0 Å². The van der Waals surface area contributed by atoms with Crippen LogP contribution in [0.15, 0.2) is 12.2 Å². The lowest BCUT2D eigenvalue weighted by Crippen LogP contribution is -2.40. The van der Waals surface area contributed by atoms with Gasteiger partial charge in [0.05, 0.1) is 0 Å². The summed E-state index contributed by atoms with van der Waals surface area (Å²) < 4.78 is 0. The number of aliphatic carboxylic acids is 1. The molecule has 0 amide bonds. The summed E-state index contributed by atoms with van der Waals surface area (Å²) in [5.74, 6) is -0.980. The molecule has 0 saturated carbocycles.